The summed E-state index contributed by atoms with van der Waals surface area (Å²) in [6, 6.07) is 8.39. The number of piperidine rings is 1. The number of anilines is 1. The highest BCUT2D eigenvalue weighted by atomic mass is 32.1. The summed E-state index contributed by atoms with van der Waals surface area (Å²) in [4.78, 5) is 31.8. The second-order valence-corrected chi connectivity index (χ2v) is 9.99. The minimum Gasteiger partial charge on any atom is -0.353 e. The number of carbonyl (C=O) groups is 2. The second kappa shape index (κ2) is 8.27. The molecule has 30 heavy (non-hydrogen) atoms. The molecule has 1 saturated carbocycles. The molecule has 2 aliphatic heterocycles. The summed E-state index contributed by atoms with van der Waals surface area (Å²) in [6.45, 7) is 5.04. The molecule has 1 spiro atoms. The molecule has 6 nitrogen and oxygen atoms in total. The average Bonchev–Trinajstić information content (AvgIpc) is 3.18. The SMILES string of the molecule is O=C1CC2(CCCCC2)CC(=O)N1CCN1CCN(c2nsc3ccccc23)CC1. The molecule has 160 valence electrons. The molecule has 2 amide bonds. The highest BCUT2D eigenvalue weighted by Gasteiger charge is 2.43. The number of imide groups is 1. The van der Waals surface area contributed by atoms with E-state index in [0.717, 1.165) is 51.4 Å². The van der Waals surface area contributed by atoms with E-state index in [-0.39, 0.29) is 17.2 Å². The molecule has 3 heterocycles. The predicted octanol–water partition coefficient (Wildman–Crippen LogP) is 3.52. The van der Waals surface area contributed by atoms with Crippen molar-refractivity contribution in [2.75, 3.05) is 44.2 Å². The van der Waals surface area contributed by atoms with Crippen molar-refractivity contribution in [3.8, 4) is 0 Å². The second-order valence-electron chi connectivity index (χ2n) is 9.18. The Kier molecular flexibility index (Phi) is 5.50. The van der Waals surface area contributed by atoms with Crippen LogP contribution in [0, 0.1) is 5.41 Å². The number of fused-ring (bicyclic) bond motifs is 1. The normalized spacial score (nSPS) is 22.9. The Morgan fingerprint density at radius 2 is 1.60 bits per heavy atom. The van der Waals surface area contributed by atoms with Crippen molar-refractivity contribution in [3.63, 3.8) is 0 Å². The zero-order valence-corrected chi connectivity index (χ0v) is 18.3. The van der Waals surface area contributed by atoms with Crippen molar-refractivity contribution in [1.29, 1.82) is 0 Å². The molecular formula is C23H30N4O2S. The summed E-state index contributed by atoms with van der Waals surface area (Å²) in [6.07, 6.45) is 6.82. The van der Waals surface area contributed by atoms with E-state index >= 15 is 0 Å². The van der Waals surface area contributed by atoms with Crippen molar-refractivity contribution in [3.05, 3.63) is 24.3 Å². The maximum Gasteiger partial charge on any atom is 0.229 e. The summed E-state index contributed by atoms with van der Waals surface area (Å²) in [7, 11) is 0. The molecule has 0 N–H and O–H groups in total. The van der Waals surface area contributed by atoms with E-state index in [1.54, 1.807) is 16.4 Å². The highest BCUT2D eigenvalue weighted by molar-refractivity contribution is 7.13. The first-order valence-corrected chi connectivity index (χ1v) is 12.1. The monoisotopic (exact) mass is 426 g/mol. The van der Waals surface area contributed by atoms with Gasteiger partial charge in [-0.2, -0.15) is 4.37 Å². The van der Waals surface area contributed by atoms with Gasteiger partial charge in [-0.15, -0.1) is 0 Å². The third-order valence-electron chi connectivity index (χ3n) is 7.24. The lowest BCUT2D eigenvalue weighted by Gasteiger charge is -2.43. The zero-order valence-electron chi connectivity index (χ0n) is 17.5. The Morgan fingerprint density at radius 1 is 0.900 bits per heavy atom. The summed E-state index contributed by atoms with van der Waals surface area (Å²) in [5.74, 6) is 1.20. The van der Waals surface area contributed by atoms with Crippen molar-refractivity contribution in [2.45, 2.75) is 44.9 Å². The fourth-order valence-electron chi connectivity index (χ4n) is 5.46. The molecule has 1 aliphatic carbocycles. The van der Waals surface area contributed by atoms with Gasteiger partial charge in [0, 0.05) is 57.5 Å². The van der Waals surface area contributed by atoms with Crippen LogP contribution in [0.1, 0.15) is 44.9 Å². The number of carbonyl (C=O) groups excluding carboxylic acids is 2. The molecule has 0 atom stereocenters. The first kappa shape index (κ1) is 19.9. The largest absolute Gasteiger partial charge is 0.353 e. The number of aromatic nitrogens is 1. The molecule has 1 aromatic carbocycles. The Bertz CT molecular complexity index is 908. The van der Waals surface area contributed by atoms with Gasteiger partial charge in [0.25, 0.3) is 0 Å². The van der Waals surface area contributed by atoms with Crippen LogP contribution >= 0.6 is 11.5 Å². The van der Waals surface area contributed by atoms with E-state index in [1.807, 2.05) is 0 Å². The third-order valence-corrected chi connectivity index (χ3v) is 8.06. The van der Waals surface area contributed by atoms with Gasteiger partial charge < -0.3 is 4.90 Å². The van der Waals surface area contributed by atoms with Crippen molar-refractivity contribution in [2.24, 2.45) is 5.41 Å². The van der Waals surface area contributed by atoms with E-state index in [2.05, 4.69) is 38.4 Å². The molecule has 1 aromatic heterocycles. The minimum absolute atomic E-state index is 0.0230. The van der Waals surface area contributed by atoms with Gasteiger partial charge in [-0.1, -0.05) is 31.4 Å². The van der Waals surface area contributed by atoms with Crippen LogP contribution in [-0.4, -0.2) is 65.3 Å². The Morgan fingerprint density at radius 3 is 2.33 bits per heavy atom. The number of amides is 2. The van der Waals surface area contributed by atoms with Crippen molar-refractivity contribution < 1.29 is 9.59 Å². The predicted molar refractivity (Wildman–Crippen MR) is 120 cm³/mol. The van der Waals surface area contributed by atoms with Gasteiger partial charge in [0.15, 0.2) is 0 Å². The smallest absolute Gasteiger partial charge is 0.229 e. The van der Waals surface area contributed by atoms with Crippen LogP contribution in [0.4, 0.5) is 5.82 Å². The minimum atomic E-state index is -0.0230. The molecule has 0 bridgehead atoms. The van der Waals surface area contributed by atoms with Crippen molar-refractivity contribution >= 4 is 39.3 Å². The maximum absolute atomic E-state index is 12.8. The van der Waals surface area contributed by atoms with Crippen LogP contribution < -0.4 is 4.90 Å². The lowest BCUT2D eigenvalue weighted by Crippen LogP contribution is -2.53. The number of hydrogen-bond donors (Lipinski definition) is 0. The number of piperazine rings is 1. The quantitative estimate of drug-likeness (QED) is 0.700. The van der Waals surface area contributed by atoms with Gasteiger partial charge in [-0.3, -0.25) is 19.4 Å². The molecule has 2 saturated heterocycles. The topological polar surface area (TPSA) is 56.8 Å². The van der Waals surface area contributed by atoms with Gasteiger partial charge in [-0.05, 0) is 41.9 Å². The molecule has 7 heteroatoms. The lowest BCUT2D eigenvalue weighted by molar-refractivity contribution is -0.154. The molecule has 3 fully saturated rings. The Hall–Kier alpha value is -1.99. The molecule has 0 radical (unpaired) electrons. The van der Waals surface area contributed by atoms with Crippen molar-refractivity contribution in [1.82, 2.24) is 14.2 Å². The summed E-state index contributed by atoms with van der Waals surface area (Å²) in [5.41, 5.74) is -0.0230. The number of rotatable bonds is 4. The van der Waals surface area contributed by atoms with Gasteiger partial charge in [-0.25, -0.2) is 0 Å². The number of likely N-dealkylation sites (tertiary alicyclic amines) is 1. The van der Waals surface area contributed by atoms with Crippen LogP contribution in [0.5, 0.6) is 0 Å². The van der Waals surface area contributed by atoms with E-state index in [4.69, 9.17) is 0 Å². The molecular weight excluding hydrogens is 396 g/mol. The first-order chi connectivity index (χ1) is 14.6. The number of nitrogens with zero attached hydrogens (tertiary/aromatic N) is 4. The highest BCUT2D eigenvalue weighted by Crippen LogP contribution is 2.45. The fourth-order valence-corrected chi connectivity index (χ4v) is 6.26. The number of benzene rings is 1. The van der Waals surface area contributed by atoms with Gasteiger partial charge in [0.2, 0.25) is 11.8 Å². The molecule has 0 unspecified atom stereocenters. The Balaban J connectivity index is 1.14. The molecule has 5 rings (SSSR count). The maximum atomic E-state index is 12.8. The summed E-state index contributed by atoms with van der Waals surface area (Å²) >= 11 is 1.56. The average molecular weight is 427 g/mol. The van der Waals surface area contributed by atoms with Crippen LogP contribution in [0.15, 0.2) is 24.3 Å². The van der Waals surface area contributed by atoms with Gasteiger partial charge >= 0.3 is 0 Å². The number of hydrogen-bond acceptors (Lipinski definition) is 6. The first-order valence-electron chi connectivity index (χ1n) is 11.3. The molecule has 2 aromatic rings. The zero-order chi connectivity index (χ0) is 20.6. The van der Waals surface area contributed by atoms with Gasteiger partial charge in [0.1, 0.15) is 5.82 Å². The molecule has 3 aliphatic rings. The fraction of sp³-hybridized carbons (Fsp3) is 0.609. The van der Waals surface area contributed by atoms with E-state index in [0.29, 0.717) is 19.4 Å². The third kappa shape index (κ3) is 3.85. The van der Waals surface area contributed by atoms with Crippen LogP contribution in [0.3, 0.4) is 0 Å². The van der Waals surface area contributed by atoms with Crippen LogP contribution in [0.25, 0.3) is 10.1 Å². The van der Waals surface area contributed by atoms with Crippen LogP contribution in [0.2, 0.25) is 0 Å². The van der Waals surface area contributed by atoms with E-state index < -0.39 is 0 Å². The summed E-state index contributed by atoms with van der Waals surface area (Å²) < 4.78 is 5.91. The standard InChI is InChI=1S/C23H30N4O2S/c28-20-16-23(8-4-1-5-9-23)17-21(29)27(20)15-12-25-10-13-26(14-11-25)22-18-6-2-3-7-19(18)30-24-22/h2-3,6-7H,1,4-5,8-17H2. The van der Waals surface area contributed by atoms with E-state index in [9.17, 15) is 9.59 Å². The van der Waals surface area contributed by atoms with Gasteiger partial charge in [0.05, 0.1) is 4.70 Å². The van der Waals surface area contributed by atoms with Crippen LogP contribution in [-0.2, 0) is 9.59 Å². The Labute approximate surface area is 182 Å². The summed E-state index contributed by atoms with van der Waals surface area (Å²) in [5, 5.41) is 1.23. The lowest BCUT2D eigenvalue weighted by atomic mass is 9.67. The van der Waals surface area contributed by atoms with E-state index in [1.165, 1.54) is 29.3 Å².